The van der Waals surface area contributed by atoms with E-state index in [4.69, 9.17) is 18.7 Å². The van der Waals surface area contributed by atoms with Crippen LogP contribution in [-0.2, 0) is 16.1 Å². The number of aromatic nitrogens is 2. The molecule has 180 valence electrons. The number of nitrogens with zero attached hydrogens (tertiary/aromatic N) is 1. The molecule has 3 rings (SSSR count). The maximum Gasteiger partial charge on any atom is 0.340 e. The molecule has 0 saturated carbocycles. The number of nitrogens with one attached hydrogen (secondary N) is 1. The van der Waals surface area contributed by atoms with Gasteiger partial charge in [-0.2, -0.15) is 0 Å². The van der Waals surface area contributed by atoms with E-state index in [1.165, 1.54) is 6.92 Å². The van der Waals surface area contributed by atoms with E-state index in [2.05, 4.69) is 10.1 Å². The van der Waals surface area contributed by atoms with E-state index in [0.29, 0.717) is 28.3 Å². The second-order valence-corrected chi connectivity index (χ2v) is 7.88. The Morgan fingerprint density at radius 3 is 2.50 bits per heavy atom. The Labute approximate surface area is 197 Å². The first-order valence-electron chi connectivity index (χ1n) is 10.9. The first-order valence-corrected chi connectivity index (χ1v) is 10.9. The predicted molar refractivity (Wildman–Crippen MR) is 122 cm³/mol. The smallest absolute Gasteiger partial charge is 0.340 e. The molecule has 34 heavy (non-hydrogen) atoms. The molecule has 0 bridgehead atoms. The summed E-state index contributed by atoms with van der Waals surface area (Å²) in [6.07, 6.45) is -1.08. The molecule has 9 nitrogen and oxygen atoms in total. The summed E-state index contributed by atoms with van der Waals surface area (Å²) in [6, 6.07) is 6.49. The van der Waals surface area contributed by atoms with Crippen LogP contribution in [0.2, 0.25) is 0 Å². The number of hydrogen-bond acceptors (Lipinski definition) is 8. The van der Waals surface area contributed by atoms with Crippen molar-refractivity contribution in [3.8, 4) is 5.75 Å². The number of esters is 2. The van der Waals surface area contributed by atoms with Crippen molar-refractivity contribution < 1.29 is 33.1 Å². The number of hydrogen-bond donors (Lipinski definition) is 1. The zero-order chi connectivity index (χ0) is 25.0. The minimum absolute atomic E-state index is 0.206. The highest BCUT2D eigenvalue weighted by Gasteiger charge is 2.28. The Kier molecular flexibility index (Phi) is 7.55. The molecule has 2 aromatic heterocycles. The highest BCUT2D eigenvalue weighted by atomic mass is 16.5. The number of ketones is 1. The average Bonchev–Trinajstić information content (AvgIpc) is 3.28. The van der Waals surface area contributed by atoms with Gasteiger partial charge in [0.05, 0.1) is 34.7 Å². The van der Waals surface area contributed by atoms with E-state index in [1.807, 2.05) is 6.92 Å². The van der Waals surface area contributed by atoms with Crippen molar-refractivity contribution in [2.45, 2.75) is 54.3 Å². The first kappa shape index (κ1) is 24.8. The molecule has 0 aliphatic carbocycles. The number of rotatable bonds is 9. The molecule has 9 heteroatoms. The standard InChI is InChI=1S/C25H28N2O7/c1-7-31-25(30)21-13(2)22(26-15(21)4)23(28)17(6)33-24(29)18-9-8-10-19(11-18)32-12-20-14(3)27-34-16(20)5/h8-11,17,26H,7,12H2,1-6H3/t17-/m0/s1. The van der Waals surface area contributed by atoms with Gasteiger partial charge in [-0.05, 0) is 65.3 Å². The fourth-order valence-corrected chi connectivity index (χ4v) is 3.57. The van der Waals surface area contributed by atoms with E-state index < -0.39 is 23.8 Å². The number of aromatic amines is 1. The molecule has 0 aliphatic rings. The van der Waals surface area contributed by atoms with Crippen LogP contribution >= 0.6 is 0 Å². The Bertz CT molecular complexity index is 1200. The number of H-pyrrole nitrogens is 1. The van der Waals surface area contributed by atoms with Crippen molar-refractivity contribution in [3.63, 3.8) is 0 Å². The molecule has 0 spiro atoms. The van der Waals surface area contributed by atoms with E-state index in [9.17, 15) is 14.4 Å². The molecule has 0 aliphatic heterocycles. The van der Waals surface area contributed by atoms with Crippen LogP contribution < -0.4 is 4.74 Å². The van der Waals surface area contributed by atoms with Crippen LogP contribution in [0.25, 0.3) is 0 Å². The van der Waals surface area contributed by atoms with Crippen LogP contribution in [0.4, 0.5) is 0 Å². The largest absolute Gasteiger partial charge is 0.489 e. The summed E-state index contributed by atoms with van der Waals surface area (Å²) in [5, 5.41) is 3.89. The minimum atomic E-state index is -1.08. The maximum atomic E-state index is 12.9. The number of Topliss-reactive ketones (excluding diaryl/α,β-unsaturated/α-hetero) is 1. The first-order chi connectivity index (χ1) is 16.1. The van der Waals surface area contributed by atoms with Crippen LogP contribution in [0, 0.1) is 27.7 Å². The van der Waals surface area contributed by atoms with Crippen LogP contribution in [0.5, 0.6) is 5.75 Å². The monoisotopic (exact) mass is 468 g/mol. The molecule has 2 heterocycles. The lowest BCUT2D eigenvalue weighted by atomic mass is 10.1. The molecule has 0 saturated heterocycles. The molecule has 0 amide bonds. The fraction of sp³-hybridized carbons (Fsp3) is 0.360. The molecular weight excluding hydrogens is 440 g/mol. The third-order valence-corrected chi connectivity index (χ3v) is 5.45. The van der Waals surface area contributed by atoms with Crippen molar-refractivity contribution >= 4 is 17.7 Å². The van der Waals surface area contributed by atoms with Crippen molar-refractivity contribution in [2.75, 3.05) is 6.61 Å². The predicted octanol–water partition coefficient (Wildman–Crippen LogP) is 4.42. The number of benzene rings is 1. The van der Waals surface area contributed by atoms with Gasteiger partial charge >= 0.3 is 11.9 Å². The quantitative estimate of drug-likeness (QED) is 0.362. The third kappa shape index (κ3) is 5.19. The van der Waals surface area contributed by atoms with Gasteiger partial charge in [0.15, 0.2) is 6.10 Å². The molecule has 3 aromatic rings. The normalized spacial score (nSPS) is 11.7. The molecule has 0 fully saturated rings. The Hall–Kier alpha value is -3.88. The summed E-state index contributed by atoms with van der Waals surface area (Å²) < 4.78 is 21.4. The second-order valence-electron chi connectivity index (χ2n) is 7.88. The van der Waals surface area contributed by atoms with Crippen LogP contribution in [0.15, 0.2) is 28.8 Å². The summed E-state index contributed by atoms with van der Waals surface area (Å²) in [5.41, 5.74) is 3.30. The van der Waals surface area contributed by atoms with Crippen LogP contribution in [0.3, 0.4) is 0 Å². The van der Waals surface area contributed by atoms with Crippen LogP contribution in [-0.4, -0.2) is 40.6 Å². The topological polar surface area (TPSA) is 121 Å². The minimum Gasteiger partial charge on any atom is -0.489 e. The van der Waals surface area contributed by atoms with Gasteiger partial charge in [0.25, 0.3) is 0 Å². The zero-order valence-corrected chi connectivity index (χ0v) is 20.1. The van der Waals surface area contributed by atoms with E-state index >= 15 is 0 Å². The van der Waals surface area contributed by atoms with Crippen molar-refractivity contribution in [3.05, 3.63) is 69.4 Å². The lowest BCUT2D eigenvalue weighted by Crippen LogP contribution is -2.25. The van der Waals surface area contributed by atoms with Crippen molar-refractivity contribution in [2.24, 2.45) is 0 Å². The van der Waals surface area contributed by atoms with E-state index in [-0.39, 0.29) is 24.5 Å². The molecule has 0 unspecified atom stereocenters. The highest BCUT2D eigenvalue weighted by Crippen LogP contribution is 2.22. The zero-order valence-electron chi connectivity index (χ0n) is 20.1. The van der Waals surface area contributed by atoms with Gasteiger partial charge in [0.2, 0.25) is 5.78 Å². The summed E-state index contributed by atoms with van der Waals surface area (Å²) in [4.78, 5) is 40.8. The summed E-state index contributed by atoms with van der Waals surface area (Å²) in [5.74, 6) is -0.499. The number of carbonyl (C=O) groups excluding carboxylic acids is 3. The number of ether oxygens (including phenoxy) is 3. The highest BCUT2D eigenvalue weighted by molar-refractivity contribution is 6.04. The van der Waals surface area contributed by atoms with Crippen molar-refractivity contribution in [1.82, 2.24) is 10.1 Å². The Balaban J connectivity index is 1.69. The van der Waals surface area contributed by atoms with Gasteiger partial charge in [-0.15, -0.1) is 0 Å². The van der Waals surface area contributed by atoms with Gasteiger partial charge < -0.3 is 23.7 Å². The Morgan fingerprint density at radius 1 is 1.12 bits per heavy atom. The number of aryl methyl sites for hydroxylation is 3. The van der Waals surface area contributed by atoms with E-state index in [1.54, 1.807) is 52.0 Å². The van der Waals surface area contributed by atoms with E-state index in [0.717, 1.165) is 11.3 Å². The third-order valence-electron chi connectivity index (χ3n) is 5.45. The van der Waals surface area contributed by atoms with Gasteiger partial charge in [0.1, 0.15) is 18.1 Å². The summed E-state index contributed by atoms with van der Waals surface area (Å²) in [7, 11) is 0. The lowest BCUT2D eigenvalue weighted by Gasteiger charge is -2.13. The molecular formula is C25H28N2O7. The van der Waals surface area contributed by atoms with Gasteiger partial charge in [-0.3, -0.25) is 4.79 Å². The number of carbonyl (C=O) groups is 3. The molecule has 0 radical (unpaired) electrons. The molecule has 1 aromatic carbocycles. The second kappa shape index (κ2) is 10.4. The average molecular weight is 469 g/mol. The van der Waals surface area contributed by atoms with Gasteiger partial charge in [0, 0.05) is 5.69 Å². The lowest BCUT2D eigenvalue weighted by molar-refractivity contribution is 0.0316. The van der Waals surface area contributed by atoms with Gasteiger partial charge in [-0.25, -0.2) is 9.59 Å². The van der Waals surface area contributed by atoms with Gasteiger partial charge in [-0.1, -0.05) is 11.2 Å². The molecule has 1 N–H and O–H groups in total. The summed E-state index contributed by atoms with van der Waals surface area (Å²) >= 11 is 0. The fourth-order valence-electron chi connectivity index (χ4n) is 3.57. The Morgan fingerprint density at radius 2 is 1.85 bits per heavy atom. The summed E-state index contributed by atoms with van der Waals surface area (Å²) in [6.45, 7) is 10.6. The maximum absolute atomic E-state index is 12.9. The van der Waals surface area contributed by atoms with Crippen LogP contribution in [0.1, 0.15) is 73.3 Å². The SMILES string of the molecule is CCOC(=O)c1c(C)[nH]c(C(=O)[C@H](C)OC(=O)c2cccc(OCc3c(C)noc3C)c2)c1C. The molecule has 1 atom stereocenters. The van der Waals surface area contributed by atoms with Crippen molar-refractivity contribution in [1.29, 1.82) is 0 Å².